The van der Waals surface area contributed by atoms with Gasteiger partial charge in [0.1, 0.15) is 0 Å². The summed E-state index contributed by atoms with van der Waals surface area (Å²) in [6.45, 7) is 2.23. The third-order valence-electron chi connectivity index (χ3n) is 3.28. The van der Waals surface area contributed by atoms with Crippen molar-refractivity contribution in [3.8, 4) is 0 Å². The smallest absolute Gasteiger partial charge is 0.0643 e. The van der Waals surface area contributed by atoms with E-state index in [1.54, 1.807) is 0 Å². The largest absolute Gasteiger partial charge is 0.360 e. The summed E-state index contributed by atoms with van der Waals surface area (Å²) in [6, 6.07) is 12.6. The monoisotopic (exact) mass is 222 g/mol. The molecule has 0 aliphatic rings. The molecule has 0 saturated heterocycles. The van der Waals surface area contributed by atoms with E-state index in [4.69, 9.17) is 0 Å². The third kappa shape index (κ3) is 1.72. The maximum atomic E-state index is 4.13. The van der Waals surface area contributed by atoms with E-state index >= 15 is 0 Å². The number of nitrogens with zero attached hydrogens (tertiary/aromatic N) is 1. The molecular formula is C15H14N2. The number of pyridine rings is 1. The number of hydrogen-bond acceptors (Lipinski definition) is 1. The van der Waals surface area contributed by atoms with Crippen LogP contribution in [0.25, 0.3) is 10.9 Å². The molecule has 1 N–H and O–H groups in total. The van der Waals surface area contributed by atoms with Gasteiger partial charge in [-0.05, 0) is 17.2 Å². The highest BCUT2D eigenvalue weighted by Crippen LogP contribution is 2.29. The molecule has 0 saturated carbocycles. The van der Waals surface area contributed by atoms with E-state index in [2.05, 4.69) is 59.5 Å². The number of hydrogen-bond donors (Lipinski definition) is 1. The molecule has 1 aromatic carbocycles. The van der Waals surface area contributed by atoms with E-state index in [1.807, 2.05) is 12.4 Å². The molecule has 1 unspecified atom stereocenters. The molecule has 17 heavy (non-hydrogen) atoms. The summed E-state index contributed by atoms with van der Waals surface area (Å²) in [6.07, 6.45) is 5.80. The van der Waals surface area contributed by atoms with Crippen molar-refractivity contribution in [2.24, 2.45) is 0 Å². The molecule has 0 aliphatic heterocycles. The molecule has 2 aromatic heterocycles. The zero-order valence-corrected chi connectivity index (χ0v) is 9.72. The molecule has 2 heterocycles. The van der Waals surface area contributed by atoms with Crippen LogP contribution in [0.4, 0.5) is 0 Å². The molecule has 0 spiro atoms. The SMILES string of the molecule is CC(c1ccccc1)c1c[nH]c2cnccc12. The van der Waals surface area contributed by atoms with Crippen molar-refractivity contribution < 1.29 is 0 Å². The second-order valence-corrected chi connectivity index (χ2v) is 4.30. The van der Waals surface area contributed by atoms with Crippen molar-refractivity contribution in [2.45, 2.75) is 12.8 Å². The Morgan fingerprint density at radius 3 is 2.76 bits per heavy atom. The molecule has 1 atom stereocenters. The average Bonchev–Trinajstić information content (AvgIpc) is 2.83. The molecule has 3 aromatic rings. The van der Waals surface area contributed by atoms with Gasteiger partial charge in [-0.2, -0.15) is 0 Å². The fraction of sp³-hybridized carbons (Fsp3) is 0.133. The Kier molecular flexibility index (Phi) is 2.41. The normalized spacial score (nSPS) is 12.8. The van der Waals surface area contributed by atoms with Crippen LogP contribution in [-0.2, 0) is 0 Å². The van der Waals surface area contributed by atoms with E-state index in [0.717, 1.165) is 5.52 Å². The number of fused-ring (bicyclic) bond motifs is 1. The van der Waals surface area contributed by atoms with Crippen molar-refractivity contribution in [1.29, 1.82) is 0 Å². The van der Waals surface area contributed by atoms with Gasteiger partial charge in [-0.25, -0.2) is 0 Å². The van der Waals surface area contributed by atoms with Crippen LogP contribution in [0.5, 0.6) is 0 Å². The van der Waals surface area contributed by atoms with Gasteiger partial charge in [-0.3, -0.25) is 4.98 Å². The molecule has 0 fully saturated rings. The Morgan fingerprint density at radius 2 is 1.94 bits per heavy atom. The van der Waals surface area contributed by atoms with E-state index < -0.39 is 0 Å². The minimum absolute atomic E-state index is 0.396. The van der Waals surface area contributed by atoms with Crippen LogP contribution < -0.4 is 0 Å². The molecule has 2 nitrogen and oxygen atoms in total. The van der Waals surface area contributed by atoms with E-state index in [9.17, 15) is 0 Å². The van der Waals surface area contributed by atoms with E-state index in [-0.39, 0.29) is 0 Å². The first-order valence-electron chi connectivity index (χ1n) is 5.82. The quantitative estimate of drug-likeness (QED) is 0.703. The van der Waals surface area contributed by atoms with Gasteiger partial charge < -0.3 is 4.98 Å². The summed E-state index contributed by atoms with van der Waals surface area (Å²) in [5.41, 5.74) is 3.77. The molecule has 0 aliphatic carbocycles. The topological polar surface area (TPSA) is 28.7 Å². The Hall–Kier alpha value is -2.09. The second kappa shape index (κ2) is 4.06. The lowest BCUT2D eigenvalue weighted by Crippen LogP contribution is -1.94. The molecular weight excluding hydrogens is 208 g/mol. The summed E-state index contributed by atoms with van der Waals surface area (Å²) in [5.74, 6) is 0.396. The molecule has 84 valence electrons. The van der Waals surface area contributed by atoms with Crippen LogP contribution in [0, 0.1) is 0 Å². The fourth-order valence-electron chi connectivity index (χ4n) is 2.27. The molecule has 0 amide bonds. The van der Waals surface area contributed by atoms with Gasteiger partial charge in [-0.1, -0.05) is 37.3 Å². The Labute approximate surface area is 100 Å². The fourth-order valence-corrected chi connectivity index (χ4v) is 2.27. The highest BCUT2D eigenvalue weighted by molar-refractivity contribution is 5.83. The lowest BCUT2D eigenvalue weighted by molar-refractivity contribution is 0.932. The van der Waals surface area contributed by atoms with Crippen LogP contribution in [0.1, 0.15) is 24.0 Å². The first-order chi connectivity index (χ1) is 8.36. The minimum Gasteiger partial charge on any atom is -0.360 e. The first-order valence-corrected chi connectivity index (χ1v) is 5.82. The van der Waals surface area contributed by atoms with Gasteiger partial charge in [0.15, 0.2) is 0 Å². The van der Waals surface area contributed by atoms with Crippen LogP contribution >= 0.6 is 0 Å². The van der Waals surface area contributed by atoms with Gasteiger partial charge in [0.05, 0.1) is 11.7 Å². The van der Waals surface area contributed by atoms with E-state index in [1.165, 1.54) is 16.5 Å². The van der Waals surface area contributed by atoms with Crippen molar-refractivity contribution >= 4 is 10.9 Å². The number of aromatic amines is 1. The second-order valence-electron chi connectivity index (χ2n) is 4.30. The lowest BCUT2D eigenvalue weighted by atomic mass is 9.93. The molecule has 2 heteroatoms. The summed E-state index contributed by atoms with van der Waals surface area (Å²) in [7, 11) is 0. The minimum atomic E-state index is 0.396. The Bertz CT molecular complexity index is 625. The van der Waals surface area contributed by atoms with Crippen molar-refractivity contribution in [2.75, 3.05) is 0 Å². The highest BCUT2D eigenvalue weighted by atomic mass is 14.7. The zero-order valence-electron chi connectivity index (χ0n) is 9.72. The number of rotatable bonds is 2. The predicted molar refractivity (Wildman–Crippen MR) is 70.1 cm³/mol. The molecule has 0 radical (unpaired) electrons. The van der Waals surface area contributed by atoms with Crippen LogP contribution in [0.15, 0.2) is 55.0 Å². The number of H-pyrrole nitrogens is 1. The first kappa shape index (κ1) is 10.1. The number of nitrogens with one attached hydrogen (secondary N) is 1. The predicted octanol–water partition coefficient (Wildman–Crippen LogP) is 3.71. The van der Waals surface area contributed by atoms with Crippen LogP contribution in [-0.4, -0.2) is 9.97 Å². The van der Waals surface area contributed by atoms with Crippen molar-refractivity contribution in [3.05, 3.63) is 66.1 Å². The highest BCUT2D eigenvalue weighted by Gasteiger charge is 2.12. The zero-order chi connectivity index (χ0) is 11.7. The molecule has 0 bridgehead atoms. The summed E-state index contributed by atoms with van der Waals surface area (Å²) in [4.78, 5) is 7.40. The molecule has 3 rings (SSSR count). The maximum Gasteiger partial charge on any atom is 0.0643 e. The van der Waals surface area contributed by atoms with Gasteiger partial charge in [0.25, 0.3) is 0 Å². The van der Waals surface area contributed by atoms with Crippen molar-refractivity contribution in [3.63, 3.8) is 0 Å². The summed E-state index contributed by atoms with van der Waals surface area (Å²) < 4.78 is 0. The average molecular weight is 222 g/mol. The van der Waals surface area contributed by atoms with Crippen molar-refractivity contribution in [1.82, 2.24) is 9.97 Å². The van der Waals surface area contributed by atoms with Gasteiger partial charge in [-0.15, -0.1) is 0 Å². The lowest BCUT2D eigenvalue weighted by Gasteiger charge is -2.10. The van der Waals surface area contributed by atoms with Crippen LogP contribution in [0.3, 0.4) is 0 Å². The summed E-state index contributed by atoms with van der Waals surface area (Å²) in [5, 5.41) is 1.26. The Morgan fingerprint density at radius 1 is 1.12 bits per heavy atom. The third-order valence-corrected chi connectivity index (χ3v) is 3.28. The maximum absolute atomic E-state index is 4.13. The standard InChI is InChI=1S/C15H14N2/c1-11(12-5-3-2-4-6-12)14-9-17-15-10-16-8-7-13(14)15/h2-11,17H,1H3. The number of aromatic nitrogens is 2. The summed E-state index contributed by atoms with van der Waals surface area (Å²) >= 11 is 0. The van der Waals surface area contributed by atoms with E-state index in [0.29, 0.717) is 5.92 Å². The van der Waals surface area contributed by atoms with Gasteiger partial charge >= 0.3 is 0 Å². The Balaban J connectivity index is 2.10. The van der Waals surface area contributed by atoms with Crippen LogP contribution in [0.2, 0.25) is 0 Å². The van der Waals surface area contributed by atoms with Gasteiger partial charge in [0.2, 0.25) is 0 Å². The number of benzene rings is 1. The van der Waals surface area contributed by atoms with Gasteiger partial charge in [0, 0.05) is 23.7 Å².